The number of nitrogens with zero attached hydrogens (tertiary/aromatic N) is 2. The topological polar surface area (TPSA) is 76.3 Å². The monoisotopic (exact) mass is 431 g/mol. The molecule has 0 aliphatic rings. The number of benzene rings is 2. The maximum Gasteiger partial charge on any atom is 0.264 e. The van der Waals surface area contributed by atoms with Crippen molar-refractivity contribution in [2.75, 3.05) is 13.1 Å². The molecule has 0 saturated heterocycles. The Kier molecular flexibility index (Phi) is 8.20. The molecule has 2 N–H and O–H groups in total. The van der Waals surface area contributed by atoms with Gasteiger partial charge in [0.2, 0.25) is 0 Å². The van der Waals surface area contributed by atoms with Gasteiger partial charge in [-0.25, -0.2) is 8.42 Å². The van der Waals surface area contributed by atoms with E-state index in [2.05, 4.69) is 17.1 Å². The Balaban J connectivity index is 0.00000300. The molecule has 3 aromatic rings. The van der Waals surface area contributed by atoms with Crippen LogP contribution in [0.4, 0.5) is 0 Å². The van der Waals surface area contributed by atoms with Crippen LogP contribution >= 0.6 is 12.4 Å². The van der Waals surface area contributed by atoms with Crippen LogP contribution in [-0.4, -0.2) is 30.8 Å². The van der Waals surface area contributed by atoms with Gasteiger partial charge < -0.3 is 5.73 Å². The van der Waals surface area contributed by atoms with E-state index in [-0.39, 0.29) is 19.0 Å². The largest absolute Gasteiger partial charge is 0.327 e. The van der Waals surface area contributed by atoms with E-state index in [0.29, 0.717) is 23.2 Å². The van der Waals surface area contributed by atoms with E-state index < -0.39 is 10.0 Å². The van der Waals surface area contributed by atoms with Crippen LogP contribution in [-0.2, 0) is 16.4 Å². The number of rotatable bonds is 8. The highest BCUT2D eigenvalue weighted by molar-refractivity contribution is 7.89. The van der Waals surface area contributed by atoms with Gasteiger partial charge in [0.1, 0.15) is 0 Å². The van der Waals surface area contributed by atoms with Crippen LogP contribution in [0, 0.1) is 6.92 Å². The second-order valence-corrected chi connectivity index (χ2v) is 8.50. The standard InChI is InChI=1S/C22H25N3O2S.ClH/c1-18-16-24-17-20-11-5-12-21(22(18)20)28(26,27)25(15-7-13-23)14-6-10-19-8-3-2-4-9-19;/h2-5,7-9,11-12,15-17H,6,10,13-14,23H2,1H3;1H. The first-order valence-corrected chi connectivity index (χ1v) is 10.7. The van der Waals surface area contributed by atoms with Crippen molar-refractivity contribution in [3.8, 4) is 0 Å². The minimum absolute atomic E-state index is 0. The first-order valence-electron chi connectivity index (χ1n) is 9.30. The van der Waals surface area contributed by atoms with Gasteiger partial charge in [-0.15, -0.1) is 12.4 Å². The summed E-state index contributed by atoms with van der Waals surface area (Å²) in [5, 5.41) is 1.53. The first-order chi connectivity index (χ1) is 13.5. The lowest BCUT2D eigenvalue weighted by atomic mass is 10.1. The molecular formula is C22H26ClN3O2S. The smallest absolute Gasteiger partial charge is 0.264 e. The van der Waals surface area contributed by atoms with Crippen LogP contribution in [0.5, 0.6) is 0 Å². The molecule has 0 unspecified atom stereocenters. The molecule has 0 atom stereocenters. The van der Waals surface area contributed by atoms with Crippen LogP contribution in [0.2, 0.25) is 0 Å². The van der Waals surface area contributed by atoms with Crippen LogP contribution in [0.15, 0.2) is 78.1 Å². The third-order valence-electron chi connectivity index (χ3n) is 4.62. The summed E-state index contributed by atoms with van der Waals surface area (Å²) in [6.07, 6.45) is 8.15. The lowest BCUT2D eigenvalue weighted by Crippen LogP contribution is -2.28. The van der Waals surface area contributed by atoms with E-state index in [4.69, 9.17) is 5.73 Å². The third-order valence-corrected chi connectivity index (χ3v) is 6.43. The zero-order valence-corrected chi connectivity index (χ0v) is 18.0. The highest BCUT2D eigenvalue weighted by atomic mass is 35.5. The van der Waals surface area contributed by atoms with E-state index in [1.54, 1.807) is 36.8 Å². The van der Waals surface area contributed by atoms with Crippen LogP contribution in [0.1, 0.15) is 17.5 Å². The van der Waals surface area contributed by atoms with Gasteiger partial charge in [0.15, 0.2) is 0 Å². The quantitative estimate of drug-likeness (QED) is 0.583. The van der Waals surface area contributed by atoms with Gasteiger partial charge in [-0.1, -0.05) is 48.5 Å². The Morgan fingerprint density at radius 1 is 1.07 bits per heavy atom. The fraction of sp³-hybridized carbons (Fsp3) is 0.227. The molecule has 154 valence electrons. The first kappa shape index (κ1) is 22.9. The molecule has 0 radical (unpaired) electrons. The van der Waals surface area contributed by atoms with Gasteiger partial charge in [-0.05, 0) is 37.0 Å². The number of aromatic nitrogens is 1. The van der Waals surface area contributed by atoms with Gasteiger partial charge in [0, 0.05) is 42.5 Å². The van der Waals surface area contributed by atoms with E-state index >= 15 is 0 Å². The van der Waals surface area contributed by atoms with Crippen molar-refractivity contribution in [3.05, 3.63) is 84.3 Å². The molecule has 0 saturated carbocycles. The van der Waals surface area contributed by atoms with Gasteiger partial charge in [-0.3, -0.25) is 9.29 Å². The SMILES string of the molecule is Cc1cncc2cccc(S(=O)(=O)N(C=CCN)CCCc3ccccc3)c12.Cl. The Morgan fingerprint density at radius 3 is 2.55 bits per heavy atom. The van der Waals surface area contributed by atoms with Crippen LogP contribution in [0.25, 0.3) is 10.8 Å². The maximum atomic E-state index is 13.5. The van der Waals surface area contributed by atoms with Gasteiger partial charge in [-0.2, -0.15) is 0 Å². The Morgan fingerprint density at radius 2 is 1.83 bits per heavy atom. The summed E-state index contributed by atoms with van der Waals surface area (Å²) in [5.74, 6) is 0. The fourth-order valence-electron chi connectivity index (χ4n) is 3.25. The highest BCUT2D eigenvalue weighted by Gasteiger charge is 2.24. The molecule has 0 amide bonds. The predicted molar refractivity (Wildman–Crippen MR) is 121 cm³/mol. The van der Waals surface area contributed by atoms with Crippen molar-refractivity contribution >= 4 is 33.2 Å². The van der Waals surface area contributed by atoms with Gasteiger partial charge in [0.05, 0.1) is 4.90 Å². The van der Waals surface area contributed by atoms with Gasteiger partial charge in [0.25, 0.3) is 10.0 Å². The van der Waals surface area contributed by atoms with Crippen molar-refractivity contribution in [1.82, 2.24) is 9.29 Å². The van der Waals surface area contributed by atoms with Crippen LogP contribution < -0.4 is 5.73 Å². The molecule has 3 rings (SSSR count). The van der Waals surface area contributed by atoms with E-state index in [1.807, 2.05) is 31.2 Å². The Hall–Kier alpha value is -2.41. The maximum absolute atomic E-state index is 13.5. The normalized spacial score (nSPS) is 11.5. The minimum Gasteiger partial charge on any atom is -0.327 e. The van der Waals surface area contributed by atoms with Gasteiger partial charge >= 0.3 is 0 Å². The zero-order valence-electron chi connectivity index (χ0n) is 16.4. The highest BCUT2D eigenvalue weighted by Crippen LogP contribution is 2.28. The number of nitrogens with two attached hydrogens (primary N) is 1. The minimum atomic E-state index is -3.71. The van der Waals surface area contributed by atoms with Crippen molar-refractivity contribution in [3.63, 3.8) is 0 Å². The number of aryl methyl sites for hydroxylation is 2. The summed E-state index contributed by atoms with van der Waals surface area (Å²) < 4.78 is 28.3. The molecular weight excluding hydrogens is 406 g/mol. The van der Waals surface area contributed by atoms with E-state index in [9.17, 15) is 8.42 Å². The van der Waals surface area contributed by atoms with Crippen LogP contribution in [0.3, 0.4) is 0 Å². The average molecular weight is 432 g/mol. The number of fused-ring (bicyclic) bond motifs is 1. The molecule has 29 heavy (non-hydrogen) atoms. The number of sulfonamides is 1. The molecule has 2 aromatic carbocycles. The second-order valence-electron chi connectivity index (χ2n) is 6.64. The lowest BCUT2D eigenvalue weighted by Gasteiger charge is -2.22. The predicted octanol–water partition coefficient (Wildman–Crippen LogP) is 4.06. The average Bonchev–Trinajstić information content (AvgIpc) is 2.71. The summed E-state index contributed by atoms with van der Waals surface area (Å²) in [7, 11) is -3.71. The van der Waals surface area contributed by atoms with Crippen molar-refractivity contribution in [1.29, 1.82) is 0 Å². The molecule has 0 fully saturated rings. The van der Waals surface area contributed by atoms with Crippen molar-refractivity contribution in [2.45, 2.75) is 24.7 Å². The summed E-state index contributed by atoms with van der Waals surface area (Å²) in [6.45, 7) is 2.54. The molecule has 1 aromatic heterocycles. The molecule has 0 bridgehead atoms. The number of hydrogen-bond donors (Lipinski definition) is 1. The lowest BCUT2D eigenvalue weighted by molar-refractivity contribution is 0.489. The van der Waals surface area contributed by atoms with E-state index in [0.717, 1.165) is 17.4 Å². The number of halogens is 1. The summed E-state index contributed by atoms with van der Waals surface area (Å²) in [5.41, 5.74) is 7.60. The third kappa shape index (κ3) is 5.35. The summed E-state index contributed by atoms with van der Waals surface area (Å²) in [4.78, 5) is 4.47. The van der Waals surface area contributed by atoms with Crippen molar-refractivity contribution in [2.24, 2.45) is 5.73 Å². The summed E-state index contributed by atoms with van der Waals surface area (Å²) in [6, 6.07) is 15.4. The summed E-state index contributed by atoms with van der Waals surface area (Å²) >= 11 is 0. The zero-order chi connectivity index (χ0) is 20.0. The molecule has 7 heteroatoms. The molecule has 1 heterocycles. The van der Waals surface area contributed by atoms with E-state index in [1.165, 1.54) is 9.87 Å². The Bertz CT molecular complexity index is 1060. The molecule has 0 aliphatic carbocycles. The molecule has 0 aliphatic heterocycles. The Labute approximate surface area is 178 Å². The molecule has 5 nitrogen and oxygen atoms in total. The number of hydrogen-bond acceptors (Lipinski definition) is 4. The number of pyridine rings is 1. The molecule has 0 spiro atoms. The second kappa shape index (κ2) is 10.4. The fourth-order valence-corrected chi connectivity index (χ4v) is 4.91. The van der Waals surface area contributed by atoms with Crippen molar-refractivity contribution < 1.29 is 8.42 Å².